The zero-order chi connectivity index (χ0) is 19.0. The molecule has 2 rings (SSSR count). The first-order valence-corrected chi connectivity index (χ1v) is 10.1. The van der Waals surface area contributed by atoms with Crippen molar-refractivity contribution in [1.29, 1.82) is 0 Å². The number of rotatable bonds is 9. The minimum atomic E-state index is -3.56. The Morgan fingerprint density at radius 3 is 2.65 bits per heavy atom. The van der Waals surface area contributed by atoms with E-state index in [-0.39, 0.29) is 18.9 Å². The van der Waals surface area contributed by atoms with Gasteiger partial charge in [0, 0.05) is 31.9 Å². The van der Waals surface area contributed by atoms with Crippen molar-refractivity contribution in [2.24, 2.45) is 0 Å². The predicted octanol–water partition coefficient (Wildman–Crippen LogP) is 1.95. The Bertz CT molecular complexity index is 825. The highest BCUT2D eigenvalue weighted by atomic mass is 32.2. The highest BCUT2D eigenvalue weighted by molar-refractivity contribution is 7.92. The van der Waals surface area contributed by atoms with E-state index in [1.54, 1.807) is 42.7 Å². The van der Waals surface area contributed by atoms with E-state index in [0.29, 0.717) is 24.6 Å². The van der Waals surface area contributed by atoms with Gasteiger partial charge in [-0.25, -0.2) is 8.42 Å². The molecule has 0 aliphatic heterocycles. The smallest absolute Gasteiger partial charge is 0.232 e. The first kappa shape index (κ1) is 19.7. The summed E-state index contributed by atoms with van der Waals surface area (Å²) in [6.45, 7) is 2.62. The van der Waals surface area contributed by atoms with E-state index in [9.17, 15) is 13.2 Å². The number of carbonyl (C=O) groups is 1. The quantitative estimate of drug-likeness (QED) is 0.722. The molecule has 0 unspecified atom stereocenters. The Morgan fingerprint density at radius 1 is 1.23 bits per heavy atom. The van der Waals surface area contributed by atoms with Crippen LogP contribution in [0.5, 0.6) is 5.75 Å². The van der Waals surface area contributed by atoms with Crippen LogP contribution in [0.1, 0.15) is 18.9 Å². The molecule has 0 fully saturated rings. The maximum Gasteiger partial charge on any atom is 0.232 e. The molecule has 7 nitrogen and oxygen atoms in total. The largest absolute Gasteiger partial charge is 0.492 e. The van der Waals surface area contributed by atoms with Gasteiger partial charge in [-0.05, 0) is 30.7 Å². The number of pyridine rings is 1. The van der Waals surface area contributed by atoms with Gasteiger partial charge in [-0.15, -0.1) is 0 Å². The predicted molar refractivity (Wildman–Crippen MR) is 101 cm³/mol. The molecule has 1 amide bonds. The first-order valence-electron chi connectivity index (χ1n) is 8.27. The van der Waals surface area contributed by atoms with Gasteiger partial charge in [-0.3, -0.25) is 14.1 Å². The van der Waals surface area contributed by atoms with Crippen molar-refractivity contribution in [3.63, 3.8) is 0 Å². The van der Waals surface area contributed by atoms with E-state index in [0.717, 1.165) is 11.8 Å². The first-order chi connectivity index (χ1) is 12.4. The second-order valence-electron chi connectivity index (χ2n) is 5.62. The van der Waals surface area contributed by atoms with Crippen LogP contribution in [0.4, 0.5) is 5.69 Å². The lowest BCUT2D eigenvalue weighted by Gasteiger charge is -2.24. The Balaban J connectivity index is 2.04. The average Bonchev–Trinajstić information content (AvgIpc) is 2.61. The maximum absolute atomic E-state index is 12.2. The Hall–Kier alpha value is -2.61. The third kappa shape index (κ3) is 5.73. The fraction of sp³-hybridized carbons (Fsp3) is 0.333. The van der Waals surface area contributed by atoms with Crippen LogP contribution in [0.15, 0.2) is 48.8 Å². The van der Waals surface area contributed by atoms with Crippen LogP contribution in [-0.2, 0) is 21.4 Å². The van der Waals surface area contributed by atoms with Gasteiger partial charge in [0.1, 0.15) is 5.75 Å². The molecule has 140 valence electrons. The number of anilines is 1. The van der Waals surface area contributed by atoms with E-state index in [1.165, 1.54) is 4.31 Å². The zero-order valence-corrected chi connectivity index (χ0v) is 15.7. The van der Waals surface area contributed by atoms with Crippen LogP contribution in [-0.4, -0.2) is 38.7 Å². The number of aromatic nitrogens is 1. The van der Waals surface area contributed by atoms with Gasteiger partial charge in [-0.1, -0.05) is 18.2 Å². The summed E-state index contributed by atoms with van der Waals surface area (Å²) in [4.78, 5) is 16.1. The lowest BCUT2D eigenvalue weighted by Crippen LogP contribution is -2.34. The van der Waals surface area contributed by atoms with Crippen LogP contribution in [0.3, 0.4) is 0 Å². The van der Waals surface area contributed by atoms with Crippen molar-refractivity contribution in [2.45, 2.75) is 19.9 Å². The maximum atomic E-state index is 12.2. The summed E-state index contributed by atoms with van der Waals surface area (Å²) < 4.78 is 31.1. The molecule has 1 aromatic carbocycles. The second kappa shape index (κ2) is 9.19. The second-order valence-corrected chi connectivity index (χ2v) is 7.53. The lowest BCUT2D eigenvalue weighted by atomic mass is 10.2. The fourth-order valence-corrected chi connectivity index (χ4v) is 3.33. The molecule has 0 saturated heterocycles. The molecule has 2 aromatic rings. The van der Waals surface area contributed by atoms with E-state index >= 15 is 0 Å². The number of nitrogens with zero attached hydrogens (tertiary/aromatic N) is 2. The topological polar surface area (TPSA) is 88.6 Å². The van der Waals surface area contributed by atoms with Gasteiger partial charge < -0.3 is 10.1 Å². The average molecular weight is 377 g/mol. The summed E-state index contributed by atoms with van der Waals surface area (Å²) in [6, 6.07) is 10.5. The van der Waals surface area contributed by atoms with Crippen molar-refractivity contribution in [2.75, 3.05) is 23.7 Å². The molecule has 0 atom stereocenters. The molecule has 0 spiro atoms. The Kier molecular flexibility index (Phi) is 6.97. The molecular formula is C18H23N3O4S. The van der Waals surface area contributed by atoms with Crippen molar-refractivity contribution in [3.05, 3.63) is 54.4 Å². The molecule has 1 aromatic heterocycles. The highest BCUT2D eigenvalue weighted by Gasteiger charge is 2.21. The third-order valence-corrected chi connectivity index (χ3v) is 4.77. The van der Waals surface area contributed by atoms with Crippen LogP contribution in [0, 0.1) is 0 Å². The molecule has 0 aliphatic rings. The van der Waals surface area contributed by atoms with Gasteiger partial charge in [0.15, 0.2) is 0 Å². The summed E-state index contributed by atoms with van der Waals surface area (Å²) in [6.07, 6.45) is 4.48. The molecule has 1 heterocycles. The van der Waals surface area contributed by atoms with E-state index < -0.39 is 10.0 Å². The van der Waals surface area contributed by atoms with Gasteiger partial charge >= 0.3 is 0 Å². The number of benzene rings is 1. The minimum absolute atomic E-state index is 0.0296. The van der Waals surface area contributed by atoms with Crippen LogP contribution < -0.4 is 14.4 Å². The summed E-state index contributed by atoms with van der Waals surface area (Å²) in [5.41, 5.74) is 1.31. The molecular weight excluding hydrogens is 354 g/mol. The zero-order valence-electron chi connectivity index (χ0n) is 14.9. The number of hydrogen-bond acceptors (Lipinski definition) is 5. The number of amides is 1. The van der Waals surface area contributed by atoms with Gasteiger partial charge in [-0.2, -0.15) is 0 Å². The number of sulfonamides is 1. The van der Waals surface area contributed by atoms with Gasteiger partial charge in [0.05, 0.1) is 18.6 Å². The lowest BCUT2D eigenvalue weighted by molar-refractivity contribution is -0.121. The number of hydrogen-bond donors (Lipinski definition) is 1. The minimum Gasteiger partial charge on any atom is -0.492 e. The van der Waals surface area contributed by atoms with E-state index in [4.69, 9.17) is 4.74 Å². The van der Waals surface area contributed by atoms with Gasteiger partial charge in [0.25, 0.3) is 0 Å². The van der Waals surface area contributed by atoms with Crippen molar-refractivity contribution < 1.29 is 17.9 Å². The van der Waals surface area contributed by atoms with Crippen LogP contribution in [0.2, 0.25) is 0 Å². The highest BCUT2D eigenvalue weighted by Crippen LogP contribution is 2.29. The summed E-state index contributed by atoms with van der Waals surface area (Å²) in [7, 11) is -3.56. The monoisotopic (exact) mass is 377 g/mol. The van der Waals surface area contributed by atoms with Crippen molar-refractivity contribution >= 4 is 21.6 Å². The summed E-state index contributed by atoms with van der Waals surface area (Å²) in [5.74, 6) is 0.229. The van der Waals surface area contributed by atoms with Crippen LogP contribution in [0.25, 0.3) is 0 Å². The standard InChI is InChI=1S/C18H23N3O4S/c1-3-25-17-9-5-4-8-16(17)21(26(2,23)24)12-10-18(22)20-14-15-7-6-11-19-13-15/h4-9,11,13H,3,10,12,14H2,1-2H3,(H,20,22). The molecule has 0 saturated carbocycles. The Labute approximate surface area is 154 Å². The SMILES string of the molecule is CCOc1ccccc1N(CCC(=O)NCc1cccnc1)S(C)(=O)=O. The number of ether oxygens (including phenoxy) is 1. The van der Waals surface area contributed by atoms with Crippen molar-refractivity contribution in [3.8, 4) is 5.75 Å². The Morgan fingerprint density at radius 2 is 2.00 bits per heavy atom. The molecule has 0 aliphatic carbocycles. The molecule has 8 heteroatoms. The summed E-state index contributed by atoms with van der Waals surface area (Å²) in [5, 5.41) is 2.77. The third-order valence-electron chi connectivity index (χ3n) is 3.59. The van der Waals surface area contributed by atoms with E-state index in [1.807, 2.05) is 13.0 Å². The van der Waals surface area contributed by atoms with Gasteiger partial charge in [0.2, 0.25) is 15.9 Å². The van der Waals surface area contributed by atoms with Crippen LogP contribution >= 0.6 is 0 Å². The molecule has 0 radical (unpaired) electrons. The number of nitrogens with one attached hydrogen (secondary N) is 1. The molecule has 0 bridgehead atoms. The number of para-hydroxylation sites is 2. The van der Waals surface area contributed by atoms with E-state index in [2.05, 4.69) is 10.3 Å². The summed E-state index contributed by atoms with van der Waals surface area (Å²) >= 11 is 0. The fourth-order valence-electron chi connectivity index (χ4n) is 2.40. The number of carbonyl (C=O) groups excluding carboxylic acids is 1. The molecule has 1 N–H and O–H groups in total. The normalized spacial score (nSPS) is 11.0. The molecule has 26 heavy (non-hydrogen) atoms. The van der Waals surface area contributed by atoms with Crippen molar-refractivity contribution in [1.82, 2.24) is 10.3 Å².